The number of hydrogen-bond acceptors (Lipinski definition) is 5. The number of carbonyl (C=O) groups is 1. The van der Waals surface area contributed by atoms with Crippen molar-refractivity contribution < 1.29 is 14.3 Å². The predicted molar refractivity (Wildman–Crippen MR) is 142 cm³/mol. The van der Waals surface area contributed by atoms with E-state index in [1.54, 1.807) is 18.4 Å². The molecule has 2 aromatic carbocycles. The van der Waals surface area contributed by atoms with E-state index >= 15 is 0 Å². The highest BCUT2D eigenvalue weighted by Crippen LogP contribution is 2.40. The van der Waals surface area contributed by atoms with Gasteiger partial charge < -0.3 is 14.4 Å². The zero-order valence-corrected chi connectivity index (χ0v) is 20.9. The van der Waals surface area contributed by atoms with Gasteiger partial charge in [0.1, 0.15) is 18.1 Å². The number of fused-ring (bicyclic) bond motifs is 1. The third kappa shape index (κ3) is 5.32. The molecule has 0 N–H and O–H groups in total. The molecular weight excluding hydrogens is 442 g/mol. The fourth-order valence-electron chi connectivity index (χ4n) is 4.08. The fourth-order valence-corrected chi connectivity index (χ4v) is 5.34. The summed E-state index contributed by atoms with van der Waals surface area (Å²) in [6.45, 7) is 7.85. The minimum atomic E-state index is 0.0271. The molecule has 4 nitrogen and oxygen atoms in total. The van der Waals surface area contributed by atoms with Crippen molar-refractivity contribution in [2.75, 3.05) is 33.4 Å². The number of hydrogen-bond donors (Lipinski definition) is 0. The molecule has 0 amide bonds. The Labute approximate surface area is 205 Å². The maximum atomic E-state index is 13.8. The van der Waals surface area contributed by atoms with Crippen LogP contribution in [0.4, 0.5) is 0 Å². The Balaban J connectivity index is 1.63. The second-order valence-corrected chi connectivity index (χ2v) is 9.16. The molecular formula is C29H31NO3S. The first-order chi connectivity index (χ1) is 16.6. The van der Waals surface area contributed by atoms with Crippen LogP contribution in [0.3, 0.4) is 0 Å². The van der Waals surface area contributed by atoms with Crippen LogP contribution in [0.15, 0.2) is 72.8 Å². The Morgan fingerprint density at radius 3 is 2.50 bits per heavy atom. The summed E-state index contributed by atoms with van der Waals surface area (Å²) in [5.41, 5.74) is 2.56. The molecule has 4 rings (SSSR count). The molecule has 0 radical (unpaired) electrons. The smallest absolute Gasteiger partial charge is 0.195 e. The molecule has 5 heteroatoms. The van der Waals surface area contributed by atoms with Gasteiger partial charge in [0.25, 0.3) is 0 Å². The molecule has 1 heterocycles. The molecule has 1 aliphatic carbocycles. The number of allylic oxidation sites excluding steroid dienone is 6. The van der Waals surface area contributed by atoms with Crippen molar-refractivity contribution in [3.63, 3.8) is 0 Å². The van der Waals surface area contributed by atoms with E-state index in [2.05, 4.69) is 30.9 Å². The number of ether oxygens (including phenoxy) is 2. The third-order valence-electron chi connectivity index (χ3n) is 6.10. The number of methoxy groups -OCH3 is 1. The van der Waals surface area contributed by atoms with Crippen LogP contribution in [0.5, 0.6) is 11.5 Å². The van der Waals surface area contributed by atoms with Crippen molar-refractivity contribution in [3.05, 3.63) is 88.8 Å². The topological polar surface area (TPSA) is 38.8 Å². The number of ketones is 1. The van der Waals surface area contributed by atoms with Crippen LogP contribution < -0.4 is 9.47 Å². The van der Waals surface area contributed by atoms with Crippen molar-refractivity contribution in [1.82, 2.24) is 4.90 Å². The van der Waals surface area contributed by atoms with Gasteiger partial charge in [-0.2, -0.15) is 0 Å². The van der Waals surface area contributed by atoms with Gasteiger partial charge in [0.05, 0.1) is 7.11 Å². The van der Waals surface area contributed by atoms with Gasteiger partial charge in [-0.3, -0.25) is 4.79 Å². The van der Waals surface area contributed by atoms with Gasteiger partial charge in [-0.25, -0.2) is 0 Å². The predicted octanol–water partition coefficient (Wildman–Crippen LogP) is 6.76. The molecule has 1 aromatic heterocycles. The molecule has 176 valence electrons. The molecule has 0 spiro atoms. The van der Waals surface area contributed by atoms with Crippen LogP contribution in [-0.2, 0) is 0 Å². The van der Waals surface area contributed by atoms with E-state index in [9.17, 15) is 4.79 Å². The maximum absolute atomic E-state index is 13.8. The molecule has 0 fully saturated rings. The van der Waals surface area contributed by atoms with E-state index in [1.165, 1.54) is 0 Å². The Kier molecular flexibility index (Phi) is 7.99. The van der Waals surface area contributed by atoms with E-state index in [1.807, 2.05) is 60.7 Å². The lowest BCUT2D eigenvalue weighted by molar-refractivity contribution is 0.104. The first-order valence-electron chi connectivity index (χ1n) is 11.8. The second kappa shape index (κ2) is 11.3. The summed E-state index contributed by atoms with van der Waals surface area (Å²) in [6.07, 6.45) is 11.1. The molecule has 0 aliphatic heterocycles. The summed E-state index contributed by atoms with van der Waals surface area (Å²) < 4.78 is 12.4. The van der Waals surface area contributed by atoms with E-state index in [-0.39, 0.29) is 5.78 Å². The van der Waals surface area contributed by atoms with Crippen LogP contribution in [-0.4, -0.2) is 44.0 Å². The molecule has 3 aromatic rings. The molecule has 0 bridgehead atoms. The standard InChI is InChI=1S/C29H31NO3S/c1-4-30(5-2)18-19-33-23-14-12-21(13-15-23)28(31)27-25-17-16-24(32-3)20-26(25)34-29(27)22-10-8-6-7-9-11-22/h6-10,12-17,20H,4-5,11,18-19H2,1-3H3. The van der Waals surface area contributed by atoms with Gasteiger partial charge in [0.2, 0.25) is 0 Å². The van der Waals surface area contributed by atoms with Crippen molar-refractivity contribution in [2.45, 2.75) is 20.3 Å². The van der Waals surface area contributed by atoms with Crippen LogP contribution in [0, 0.1) is 0 Å². The van der Waals surface area contributed by atoms with Gasteiger partial charge in [-0.15, -0.1) is 11.3 Å². The van der Waals surface area contributed by atoms with Crippen LogP contribution in [0.1, 0.15) is 41.1 Å². The van der Waals surface area contributed by atoms with Crippen LogP contribution in [0.25, 0.3) is 15.7 Å². The summed E-state index contributed by atoms with van der Waals surface area (Å²) in [7, 11) is 1.66. The average molecular weight is 474 g/mol. The van der Waals surface area contributed by atoms with Crippen molar-refractivity contribution >= 4 is 32.8 Å². The molecule has 0 saturated carbocycles. The lowest BCUT2D eigenvalue weighted by atomic mass is 9.96. The van der Waals surface area contributed by atoms with Crippen LogP contribution in [0.2, 0.25) is 0 Å². The minimum absolute atomic E-state index is 0.0271. The summed E-state index contributed by atoms with van der Waals surface area (Å²) >= 11 is 1.65. The minimum Gasteiger partial charge on any atom is -0.497 e. The van der Waals surface area contributed by atoms with Crippen molar-refractivity contribution in [1.29, 1.82) is 0 Å². The Morgan fingerprint density at radius 2 is 1.76 bits per heavy atom. The van der Waals surface area contributed by atoms with Gasteiger partial charge in [-0.1, -0.05) is 44.2 Å². The molecule has 0 unspecified atom stereocenters. The Hall–Kier alpha value is -3.15. The zero-order valence-electron chi connectivity index (χ0n) is 20.0. The Morgan fingerprint density at radius 1 is 1.00 bits per heavy atom. The van der Waals surface area contributed by atoms with Crippen LogP contribution >= 0.6 is 11.3 Å². The highest BCUT2D eigenvalue weighted by Gasteiger charge is 2.23. The normalized spacial score (nSPS) is 13.2. The lowest BCUT2D eigenvalue weighted by Crippen LogP contribution is -2.27. The van der Waals surface area contributed by atoms with E-state index < -0.39 is 0 Å². The highest BCUT2D eigenvalue weighted by atomic mass is 32.1. The maximum Gasteiger partial charge on any atom is 0.195 e. The third-order valence-corrected chi connectivity index (χ3v) is 7.32. The quantitative estimate of drug-likeness (QED) is 0.305. The largest absolute Gasteiger partial charge is 0.497 e. The first kappa shape index (κ1) is 24.0. The number of rotatable bonds is 10. The highest BCUT2D eigenvalue weighted by molar-refractivity contribution is 7.20. The average Bonchev–Trinajstić information content (AvgIpc) is 3.04. The number of thiophene rings is 1. The summed E-state index contributed by atoms with van der Waals surface area (Å²) in [5.74, 6) is 1.60. The molecule has 34 heavy (non-hydrogen) atoms. The number of carbonyl (C=O) groups excluding carboxylic acids is 1. The molecule has 0 atom stereocenters. The Bertz CT molecular complexity index is 1230. The second-order valence-electron chi connectivity index (χ2n) is 8.11. The number of nitrogens with zero attached hydrogens (tertiary/aromatic N) is 1. The van der Waals surface area contributed by atoms with E-state index in [0.717, 1.165) is 63.7 Å². The lowest BCUT2D eigenvalue weighted by Gasteiger charge is -2.18. The monoisotopic (exact) mass is 473 g/mol. The van der Waals surface area contributed by atoms with E-state index in [4.69, 9.17) is 9.47 Å². The van der Waals surface area contributed by atoms with Crippen molar-refractivity contribution in [3.8, 4) is 11.5 Å². The van der Waals surface area contributed by atoms with Crippen molar-refractivity contribution in [2.24, 2.45) is 0 Å². The number of likely N-dealkylation sites (N-methyl/N-ethyl adjacent to an activating group) is 1. The van der Waals surface area contributed by atoms with Gasteiger partial charge in [0.15, 0.2) is 5.78 Å². The first-order valence-corrected chi connectivity index (χ1v) is 12.6. The zero-order chi connectivity index (χ0) is 23.9. The molecule has 0 saturated heterocycles. The van der Waals surface area contributed by atoms with E-state index in [0.29, 0.717) is 12.2 Å². The molecule has 1 aliphatic rings. The SMILES string of the molecule is CCN(CC)CCOc1ccc(C(=O)c2c(C3=CC=CC=CC3)sc3cc(OC)ccc23)cc1. The van der Waals surface area contributed by atoms with Gasteiger partial charge in [0, 0.05) is 32.6 Å². The fraction of sp³-hybridized carbons (Fsp3) is 0.276. The summed E-state index contributed by atoms with van der Waals surface area (Å²) in [5, 5.41) is 0.962. The van der Waals surface area contributed by atoms with Gasteiger partial charge in [-0.05, 0) is 67.5 Å². The number of benzene rings is 2. The summed E-state index contributed by atoms with van der Waals surface area (Å²) in [6, 6.07) is 13.4. The van der Waals surface area contributed by atoms with Gasteiger partial charge >= 0.3 is 0 Å². The summed E-state index contributed by atoms with van der Waals surface area (Å²) in [4.78, 5) is 17.1.